The molecule has 3 rings (SSSR count). The van der Waals surface area contributed by atoms with E-state index in [0.29, 0.717) is 0 Å². The molecule has 2 aromatic carbocycles. The number of amides is 1. The molecule has 0 fully saturated rings. The van der Waals surface area contributed by atoms with Gasteiger partial charge in [0, 0.05) is 45.0 Å². The van der Waals surface area contributed by atoms with Crippen molar-refractivity contribution in [1.29, 1.82) is 0 Å². The number of hydrogen-bond donors (Lipinski definition) is 1. The van der Waals surface area contributed by atoms with Crippen molar-refractivity contribution in [1.82, 2.24) is 9.80 Å². The van der Waals surface area contributed by atoms with Crippen LogP contribution in [0.25, 0.3) is 0 Å². The summed E-state index contributed by atoms with van der Waals surface area (Å²) in [5.41, 5.74) is 6.10. The minimum atomic E-state index is 0. The Kier molecular flexibility index (Phi) is 7.06. The summed E-state index contributed by atoms with van der Waals surface area (Å²) in [6, 6.07) is 14.6. The van der Waals surface area contributed by atoms with Crippen LogP contribution in [0.1, 0.15) is 34.0 Å². The van der Waals surface area contributed by atoms with E-state index >= 15 is 0 Å². The van der Waals surface area contributed by atoms with Gasteiger partial charge in [-0.3, -0.25) is 9.69 Å². The van der Waals surface area contributed by atoms with E-state index in [9.17, 15) is 4.79 Å². The molecular formula is C21H28ClN3O. The van der Waals surface area contributed by atoms with Gasteiger partial charge in [0.15, 0.2) is 0 Å². The first-order chi connectivity index (χ1) is 12.1. The number of para-hydroxylation sites is 1. The highest BCUT2D eigenvalue weighted by Gasteiger charge is 2.15. The van der Waals surface area contributed by atoms with Gasteiger partial charge in [-0.15, -0.1) is 12.4 Å². The summed E-state index contributed by atoms with van der Waals surface area (Å²) >= 11 is 0. The largest absolute Gasteiger partial charge is 0.384 e. The standard InChI is InChI=1S/C21H27N3O.ClH/c1-4-24(15-19-7-5-6-17-12-13-22-20(17)19)14-16-8-10-18(11-9-16)21(25)23(2)3;/h5-11,22H,4,12-15H2,1-3H3;1H. The predicted octanol–water partition coefficient (Wildman–Crippen LogP) is 3.80. The molecule has 1 aliphatic rings. The van der Waals surface area contributed by atoms with Gasteiger partial charge in [0.05, 0.1) is 0 Å². The molecule has 1 aliphatic heterocycles. The minimum absolute atomic E-state index is 0. The molecule has 0 radical (unpaired) electrons. The molecule has 0 atom stereocenters. The fourth-order valence-electron chi connectivity index (χ4n) is 3.33. The molecule has 4 nitrogen and oxygen atoms in total. The van der Waals surface area contributed by atoms with Gasteiger partial charge in [-0.05, 0) is 41.8 Å². The van der Waals surface area contributed by atoms with Crippen LogP contribution < -0.4 is 5.32 Å². The topological polar surface area (TPSA) is 35.6 Å². The highest BCUT2D eigenvalue weighted by molar-refractivity contribution is 5.93. The van der Waals surface area contributed by atoms with E-state index < -0.39 is 0 Å². The molecule has 2 aromatic rings. The van der Waals surface area contributed by atoms with Gasteiger partial charge in [-0.2, -0.15) is 0 Å². The van der Waals surface area contributed by atoms with Crippen molar-refractivity contribution in [3.8, 4) is 0 Å². The second-order valence-electron chi connectivity index (χ2n) is 6.83. The molecule has 0 saturated carbocycles. The molecule has 0 bridgehead atoms. The van der Waals surface area contributed by atoms with Crippen molar-refractivity contribution < 1.29 is 4.79 Å². The molecule has 1 heterocycles. The summed E-state index contributed by atoms with van der Waals surface area (Å²) in [5.74, 6) is 0.0461. The van der Waals surface area contributed by atoms with Crippen LogP contribution in [0.15, 0.2) is 42.5 Å². The van der Waals surface area contributed by atoms with E-state index in [4.69, 9.17) is 0 Å². The van der Waals surface area contributed by atoms with Crippen molar-refractivity contribution >= 4 is 24.0 Å². The van der Waals surface area contributed by atoms with E-state index in [1.54, 1.807) is 19.0 Å². The van der Waals surface area contributed by atoms with E-state index in [-0.39, 0.29) is 18.3 Å². The van der Waals surface area contributed by atoms with Crippen molar-refractivity contribution in [3.05, 3.63) is 64.7 Å². The molecule has 1 N–H and O–H groups in total. The van der Waals surface area contributed by atoms with Gasteiger partial charge in [-0.1, -0.05) is 37.3 Å². The van der Waals surface area contributed by atoms with Crippen molar-refractivity contribution in [3.63, 3.8) is 0 Å². The number of carbonyl (C=O) groups excluding carboxylic acids is 1. The highest BCUT2D eigenvalue weighted by Crippen LogP contribution is 2.27. The second-order valence-corrected chi connectivity index (χ2v) is 6.83. The first-order valence-electron chi connectivity index (χ1n) is 8.96. The van der Waals surface area contributed by atoms with Gasteiger partial charge >= 0.3 is 0 Å². The lowest BCUT2D eigenvalue weighted by molar-refractivity contribution is 0.0827. The zero-order chi connectivity index (χ0) is 17.8. The summed E-state index contributed by atoms with van der Waals surface area (Å²) in [6.07, 6.45) is 1.12. The predicted molar refractivity (Wildman–Crippen MR) is 110 cm³/mol. The Labute approximate surface area is 162 Å². The van der Waals surface area contributed by atoms with E-state index in [1.807, 2.05) is 12.1 Å². The van der Waals surface area contributed by atoms with Crippen LogP contribution in [0.2, 0.25) is 0 Å². The lowest BCUT2D eigenvalue weighted by atomic mass is 10.1. The Balaban J connectivity index is 0.00000243. The molecule has 26 heavy (non-hydrogen) atoms. The summed E-state index contributed by atoms with van der Waals surface area (Å²) in [7, 11) is 3.56. The van der Waals surface area contributed by atoms with Crippen LogP contribution in [0, 0.1) is 0 Å². The van der Waals surface area contributed by atoms with Crippen LogP contribution in [-0.2, 0) is 19.5 Å². The van der Waals surface area contributed by atoms with Crippen molar-refractivity contribution in [2.24, 2.45) is 0 Å². The number of carbonyl (C=O) groups is 1. The van der Waals surface area contributed by atoms with Crippen molar-refractivity contribution in [2.45, 2.75) is 26.4 Å². The van der Waals surface area contributed by atoms with Crippen molar-refractivity contribution in [2.75, 3.05) is 32.5 Å². The SMILES string of the molecule is CCN(Cc1ccc(C(=O)N(C)C)cc1)Cc1cccc2c1NCC2.Cl. The molecule has 0 unspecified atom stereocenters. The molecular weight excluding hydrogens is 346 g/mol. The monoisotopic (exact) mass is 373 g/mol. The summed E-state index contributed by atoms with van der Waals surface area (Å²) < 4.78 is 0. The maximum atomic E-state index is 12.0. The third-order valence-electron chi connectivity index (χ3n) is 4.79. The van der Waals surface area contributed by atoms with Gasteiger partial charge in [0.25, 0.3) is 5.91 Å². The molecule has 0 saturated heterocycles. The Morgan fingerprint density at radius 1 is 1.08 bits per heavy atom. The first-order valence-corrected chi connectivity index (χ1v) is 8.96. The number of halogens is 1. The van der Waals surface area contributed by atoms with Crippen LogP contribution in [0.4, 0.5) is 5.69 Å². The Hall–Kier alpha value is -2.04. The lowest BCUT2D eigenvalue weighted by Crippen LogP contribution is -2.23. The number of hydrogen-bond acceptors (Lipinski definition) is 3. The van der Waals surface area contributed by atoms with Gasteiger partial charge in [0.1, 0.15) is 0 Å². The average Bonchev–Trinajstić information content (AvgIpc) is 3.10. The number of nitrogens with zero attached hydrogens (tertiary/aromatic N) is 2. The fraction of sp³-hybridized carbons (Fsp3) is 0.381. The normalized spacial score (nSPS) is 12.3. The Morgan fingerprint density at radius 3 is 2.46 bits per heavy atom. The summed E-state index contributed by atoms with van der Waals surface area (Å²) in [5, 5.41) is 3.52. The zero-order valence-electron chi connectivity index (χ0n) is 15.8. The van der Waals surface area contributed by atoms with Gasteiger partial charge in [0.2, 0.25) is 0 Å². The van der Waals surface area contributed by atoms with Crippen LogP contribution in [0.3, 0.4) is 0 Å². The van der Waals surface area contributed by atoms with Crippen LogP contribution in [-0.4, -0.2) is 42.9 Å². The summed E-state index contributed by atoms with van der Waals surface area (Å²) in [6.45, 7) is 6.05. The number of rotatable bonds is 6. The number of fused-ring (bicyclic) bond motifs is 1. The molecule has 140 valence electrons. The second kappa shape index (κ2) is 9.06. The molecule has 1 amide bonds. The number of anilines is 1. The highest BCUT2D eigenvalue weighted by atomic mass is 35.5. The van der Waals surface area contributed by atoms with Gasteiger partial charge in [-0.25, -0.2) is 0 Å². The average molecular weight is 374 g/mol. The maximum absolute atomic E-state index is 12.0. The van der Waals surface area contributed by atoms with E-state index in [2.05, 4.69) is 47.5 Å². The number of nitrogens with one attached hydrogen (secondary N) is 1. The lowest BCUT2D eigenvalue weighted by Gasteiger charge is -2.22. The molecule has 0 aliphatic carbocycles. The Morgan fingerprint density at radius 2 is 1.81 bits per heavy atom. The van der Waals surface area contributed by atoms with Gasteiger partial charge < -0.3 is 10.2 Å². The van der Waals surface area contributed by atoms with Crippen LogP contribution in [0.5, 0.6) is 0 Å². The Bertz CT molecular complexity index is 743. The maximum Gasteiger partial charge on any atom is 0.253 e. The molecule has 0 aromatic heterocycles. The first kappa shape index (κ1) is 20.3. The quantitative estimate of drug-likeness (QED) is 0.836. The number of benzene rings is 2. The van der Waals surface area contributed by atoms with E-state index in [1.165, 1.54) is 22.4 Å². The van der Waals surface area contributed by atoms with Crippen LogP contribution >= 0.6 is 12.4 Å². The molecule has 0 spiro atoms. The fourth-order valence-corrected chi connectivity index (χ4v) is 3.33. The minimum Gasteiger partial charge on any atom is -0.384 e. The smallest absolute Gasteiger partial charge is 0.253 e. The molecule has 5 heteroatoms. The summed E-state index contributed by atoms with van der Waals surface area (Å²) in [4.78, 5) is 16.0. The third-order valence-corrected chi connectivity index (χ3v) is 4.79. The zero-order valence-corrected chi connectivity index (χ0v) is 16.6. The third kappa shape index (κ3) is 4.57. The van der Waals surface area contributed by atoms with E-state index in [0.717, 1.165) is 38.2 Å².